The van der Waals surface area contributed by atoms with E-state index in [0.29, 0.717) is 29.6 Å². The van der Waals surface area contributed by atoms with Gasteiger partial charge in [0.25, 0.3) is 0 Å². The number of aromatic nitrogens is 4. The number of nitrogens with zero attached hydrogens (tertiary/aromatic N) is 4. The van der Waals surface area contributed by atoms with Crippen LogP contribution in [0.5, 0.6) is 11.6 Å². The third-order valence-corrected chi connectivity index (χ3v) is 4.17. The topological polar surface area (TPSA) is 81.9 Å². The SMILES string of the molecule is Cc1cccc(CC(=O)Nc2ccc(Oc3cc(-n4cccn4)ncn3)cc2)c1. The summed E-state index contributed by atoms with van der Waals surface area (Å²) in [6.07, 6.45) is 5.22. The fourth-order valence-corrected chi connectivity index (χ4v) is 2.86. The molecular weight excluding hydrogens is 366 g/mol. The van der Waals surface area contributed by atoms with E-state index in [1.54, 1.807) is 47.4 Å². The lowest BCUT2D eigenvalue weighted by atomic mass is 10.1. The van der Waals surface area contributed by atoms with Gasteiger partial charge in [-0.1, -0.05) is 29.8 Å². The summed E-state index contributed by atoms with van der Waals surface area (Å²) in [5.41, 5.74) is 2.83. The molecule has 29 heavy (non-hydrogen) atoms. The van der Waals surface area contributed by atoms with Crippen molar-refractivity contribution in [2.75, 3.05) is 5.32 Å². The maximum absolute atomic E-state index is 12.3. The monoisotopic (exact) mass is 385 g/mol. The van der Waals surface area contributed by atoms with Crippen molar-refractivity contribution in [3.63, 3.8) is 0 Å². The van der Waals surface area contributed by atoms with Crippen LogP contribution in [-0.4, -0.2) is 25.7 Å². The first-order valence-electron chi connectivity index (χ1n) is 9.11. The molecule has 0 fully saturated rings. The third-order valence-electron chi connectivity index (χ3n) is 4.17. The van der Waals surface area contributed by atoms with Crippen molar-refractivity contribution in [2.45, 2.75) is 13.3 Å². The molecule has 1 amide bonds. The molecule has 2 heterocycles. The summed E-state index contributed by atoms with van der Waals surface area (Å²) in [5, 5.41) is 7.04. The van der Waals surface area contributed by atoms with Crippen LogP contribution in [0, 0.1) is 6.92 Å². The van der Waals surface area contributed by atoms with Crippen molar-refractivity contribution in [1.29, 1.82) is 0 Å². The van der Waals surface area contributed by atoms with Gasteiger partial charge in [0, 0.05) is 24.1 Å². The Bertz CT molecular complexity index is 1110. The van der Waals surface area contributed by atoms with Gasteiger partial charge in [0.2, 0.25) is 11.8 Å². The number of rotatable bonds is 6. The first kappa shape index (κ1) is 18.4. The molecule has 0 unspecified atom stereocenters. The smallest absolute Gasteiger partial charge is 0.228 e. The summed E-state index contributed by atoms with van der Waals surface area (Å²) in [4.78, 5) is 20.5. The molecule has 0 spiro atoms. The Balaban J connectivity index is 1.38. The Labute approximate surface area is 168 Å². The van der Waals surface area contributed by atoms with E-state index in [9.17, 15) is 4.79 Å². The number of carbonyl (C=O) groups excluding carboxylic acids is 1. The van der Waals surface area contributed by atoms with Crippen LogP contribution in [0.25, 0.3) is 5.82 Å². The average Bonchev–Trinajstić information content (AvgIpc) is 3.25. The van der Waals surface area contributed by atoms with E-state index >= 15 is 0 Å². The number of nitrogens with one attached hydrogen (secondary N) is 1. The van der Waals surface area contributed by atoms with Gasteiger partial charge in [0.15, 0.2) is 5.82 Å². The Hall–Kier alpha value is -4.00. The summed E-state index contributed by atoms with van der Waals surface area (Å²) >= 11 is 0. The molecule has 1 N–H and O–H groups in total. The zero-order valence-electron chi connectivity index (χ0n) is 15.8. The molecule has 144 valence electrons. The molecular formula is C22H19N5O2. The quantitative estimate of drug-likeness (QED) is 0.544. The van der Waals surface area contributed by atoms with E-state index < -0.39 is 0 Å². The number of hydrogen-bond acceptors (Lipinski definition) is 5. The highest BCUT2D eigenvalue weighted by molar-refractivity contribution is 5.92. The third kappa shape index (κ3) is 4.84. The molecule has 0 aliphatic heterocycles. The van der Waals surface area contributed by atoms with E-state index in [1.165, 1.54) is 6.33 Å². The van der Waals surface area contributed by atoms with Crippen molar-refractivity contribution >= 4 is 11.6 Å². The second kappa shape index (κ2) is 8.35. The lowest BCUT2D eigenvalue weighted by molar-refractivity contribution is -0.115. The molecule has 4 rings (SSSR count). The van der Waals surface area contributed by atoms with Crippen LogP contribution >= 0.6 is 0 Å². The van der Waals surface area contributed by atoms with Crippen LogP contribution in [0.4, 0.5) is 5.69 Å². The second-order valence-corrected chi connectivity index (χ2v) is 6.51. The van der Waals surface area contributed by atoms with Gasteiger partial charge in [0.05, 0.1) is 6.42 Å². The summed E-state index contributed by atoms with van der Waals surface area (Å²) in [6.45, 7) is 2.01. The summed E-state index contributed by atoms with van der Waals surface area (Å²) in [5.74, 6) is 1.55. The fourth-order valence-electron chi connectivity index (χ4n) is 2.86. The zero-order valence-corrected chi connectivity index (χ0v) is 15.8. The van der Waals surface area contributed by atoms with E-state index in [1.807, 2.05) is 37.3 Å². The minimum Gasteiger partial charge on any atom is -0.439 e. The van der Waals surface area contributed by atoms with Crippen molar-refractivity contribution in [2.24, 2.45) is 0 Å². The molecule has 0 bridgehead atoms. The van der Waals surface area contributed by atoms with Gasteiger partial charge in [-0.3, -0.25) is 4.79 Å². The van der Waals surface area contributed by atoms with Crippen LogP contribution in [0.15, 0.2) is 79.4 Å². The molecule has 7 nitrogen and oxygen atoms in total. The summed E-state index contributed by atoms with van der Waals surface area (Å²) in [7, 11) is 0. The predicted octanol–water partition coefficient (Wildman–Crippen LogP) is 3.94. The lowest BCUT2D eigenvalue weighted by Crippen LogP contribution is -2.14. The van der Waals surface area contributed by atoms with Gasteiger partial charge in [0.1, 0.15) is 12.1 Å². The van der Waals surface area contributed by atoms with Crippen LogP contribution in [0.3, 0.4) is 0 Å². The maximum Gasteiger partial charge on any atom is 0.228 e. The predicted molar refractivity (Wildman–Crippen MR) is 109 cm³/mol. The van der Waals surface area contributed by atoms with Crippen molar-refractivity contribution < 1.29 is 9.53 Å². The first-order chi connectivity index (χ1) is 14.2. The lowest BCUT2D eigenvalue weighted by Gasteiger charge is -2.09. The molecule has 0 saturated carbocycles. The maximum atomic E-state index is 12.3. The van der Waals surface area contributed by atoms with Gasteiger partial charge in [-0.05, 0) is 42.8 Å². The van der Waals surface area contributed by atoms with Crippen LogP contribution in [-0.2, 0) is 11.2 Å². The standard InChI is InChI=1S/C22H19N5O2/c1-16-4-2-5-17(12-16)13-21(28)26-18-6-8-19(9-7-18)29-22-14-20(23-15-24-22)27-11-3-10-25-27/h2-12,14-15H,13H2,1H3,(H,26,28). The Morgan fingerprint density at radius 2 is 1.93 bits per heavy atom. The molecule has 4 aromatic rings. The summed E-state index contributed by atoms with van der Waals surface area (Å²) in [6, 6.07) is 18.6. The number of hydrogen-bond donors (Lipinski definition) is 1. The van der Waals surface area contributed by atoms with Crippen molar-refractivity contribution in [1.82, 2.24) is 19.7 Å². The first-order valence-corrected chi connectivity index (χ1v) is 9.11. The molecule has 0 saturated heterocycles. The number of aryl methyl sites for hydroxylation is 1. The van der Waals surface area contributed by atoms with Crippen LogP contribution in [0.1, 0.15) is 11.1 Å². The number of ether oxygens (including phenoxy) is 1. The summed E-state index contributed by atoms with van der Waals surface area (Å²) < 4.78 is 7.41. The van der Waals surface area contributed by atoms with E-state index in [4.69, 9.17) is 4.74 Å². The number of anilines is 1. The molecule has 0 aliphatic rings. The Kier molecular flexibility index (Phi) is 5.29. The Morgan fingerprint density at radius 1 is 1.07 bits per heavy atom. The second-order valence-electron chi connectivity index (χ2n) is 6.51. The van der Waals surface area contributed by atoms with E-state index in [2.05, 4.69) is 20.4 Å². The minimum atomic E-state index is -0.0658. The van der Waals surface area contributed by atoms with Gasteiger partial charge < -0.3 is 10.1 Å². The minimum absolute atomic E-state index is 0.0658. The van der Waals surface area contributed by atoms with Gasteiger partial charge in [-0.2, -0.15) is 5.10 Å². The molecule has 0 aliphatic carbocycles. The molecule has 2 aromatic heterocycles. The molecule has 0 radical (unpaired) electrons. The van der Waals surface area contributed by atoms with Crippen LogP contribution in [0.2, 0.25) is 0 Å². The van der Waals surface area contributed by atoms with E-state index in [-0.39, 0.29) is 5.91 Å². The highest BCUT2D eigenvalue weighted by Gasteiger charge is 2.06. The van der Waals surface area contributed by atoms with Crippen LogP contribution < -0.4 is 10.1 Å². The van der Waals surface area contributed by atoms with E-state index in [0.717, 1.165) is 11.1 Å². The highest BCUT2D eigenvalue weighted by atomic mass is 16.5. The van der Waals surface area contributed by atoms with Gasteiger partial charge in [-0.15, -0.1) is 0 Å². The highest BCUT2D eigenvalue weighted by Crippen LogP contribution is 2.22. The van der Waals surface area contributed by atoms with Gasteiger partial charge >= 0.3 is 0 Å². The molecule has 0 atom stereocenters. The molecule has 2 aromatic carbocycles. The van der Waals surface area contributed by atoms with Crippen molar-refractivity contribution in [3.05, 3.63) is 90.5 Å². The Morgan fingerprint density at radius 3 is 2.69 bits per heavy atom. The largest absolute Gasteiger partial charge is 0.439 e. The van der Waals surface area contributed by atoms with Crippen molar-refractivity contribution in [3.8, 4) is 17.4 Å². The number of carbonyl (C=O) groups is 1. The number of amides is 1. The average molecular weight is 385 g/mol. The zero-order chi connectivity index (χ0) is 20.1. The number of benzene rings is 2. The van der Waals surface area contributed by atoms with Gasteiger partial charge in [-0.25, -0.2) is 14.6 Å². The normalized spacial score (nSPS) is 10.5. The molecule has 7 heteroatoms. The fraction of sp³-hybridized carbons (Fsp3) is 0.0909.